The van der Waals surface area contributed by atoms with Crippen molar-refractivity contribution in [2.24, 2.45) is 0 Å². The predicted octanol–water partition coefficient (Wildman–Crippen LogP) is 5.22. The van der Waals surface area contributed by atoms with Gasteiger partial charge in [0.2, 0.25) is 5.91 Å². The quantitative estimate of drug-likeness (QED) is 0.300. The van der Waals surface area contributed by atoms with Crippen LogP contribution in [0.5, 0.6) is 5.75 Å². The molecule has 0 aliphatic rings. The third kappa shape index (κ3) is 7.41. The molecule has 1 aromatic heterocycles. The molecule has 0 unspecified atom stereocenters. The Morgan fingerprint density at radius 3 is 2.56 bits per heavy atom. The lowest BCUT2D eigenvalue weighted by atomic mass is 10.1. The Bertz CT molecular complexity index is 1190. The lowest BCUT2D eigenvalue weighted by Gasteiger charge is -2.19. The largest absolute Gasteiger partial charge is 0.497 e. The van der Waals surface area contributed by atoms with Gasteiger partial charge in [-0.3, -0.25) is 9.59 Å². The molecule has 3 rings (SSSR count). The first-order valence-electron chi connectivity index (χ1n) is 11.4. The van der Waals surface area contributed by atoms with Crippen LogP contribution in [0, 0.1) is 6.92 Å². The van der Waals surface area contributed by atoms with Gasteiger partial charge in [0.15, 0.2) is 11.0 Å². The summed E-state index contributed by atoms with van der Waals surface area (Å²) < 4.78 is 7.12. The Kier molecular flexibility index (Phi) is 10.5. The minimum atomic E-state index is -0.322. The van der Waals surface area contributed by atoms with Crippen molar-refractivity contribution in [2.75, 3.05) is 30.2 Å². The van der Waals surface area contributed by atoms with Crippen LogP contribution in [0.3, 0.4) is 0 Å². The zero-order valence-corrected chi connectivity index (χ0v) is 23.1. The van der Waals surface area contributed by atoms with Crippen molar-refractivity contribution in [1.82, 2.24) is 20.1 Å². The summed E-state index contributed by atoms with van der Waals surface area (Å²) in [6, 6.07) is 12.1. The van der Waals surface area contributed by atoms with Crippen molar-refractivity contribution < 1.29 is 14.3 Å². The van der Waals surface area contributed by atoms with E-state index in [1.807, 2.05) is 36.8 Å². The van der Waals surface area contributed by atoms with Crippen LogP contribution in [0.4, 0.5) is 5.69 Å². The Labute approximate surface area is 224 Å². The van der Waals surface area contributed by atoms with Crippen molar-refractivity contribution in [3.63, 3.8) is 0 Å². The maximum atomic E-state index is 12.9. The number of benzene rings is 2. The van der Waals surface area contributed by atoms with E-state index < -0.39 is 0 Å². The number of hydrogen-bond acceptors (Lipinski definition) is 7. The van der Waals surface area contributed by atoms with Gasteiger partial charge < -0.3 is 19.9 Å². The molecule has 36 heavy (non-hydrogen) atoms. The van der Waals surface area contributed by atoms with Gasteiger partial charge in [-0.2, -0.15) is 11.8 Å². The molecule has 2 aromatic carbocycles. The molecule has 0 fully saturated rings. The van der Waals surface area contributed by atoms with E-state index in [4.69, 9.17) is 16.3 Å². The molecule has 0 saturated carbocycles. The van der Waals surface area contributed by atoms with Crippen LogP contribution in [0.1, 0.15) is 41.1 Å². The van der Waals surface area contributed by atoms with Crippen LogP contribution in [-0.2, 0) is 11.3 Å². The first kappa shape index (κ1) is 27.9. The summed E-state index contributed by atoms with van der Waals surface area (Å²) in [5, 5.41) is 15.9. The fraction of sp³-hybridized carbons (Fsp3) is 0.360. The highest BCUT2D eigenvalue weighted by Gasteiger charge is 2.23. The van der Waals surface area contributed by atoms with Gasteiger partial charge in [-0.25, -0.2) is 0 Å². The smallest absolute Gasteiger partial charge is 0.251 e. The summed E-state index contributed by atoms with van der Waals surface area (Å²) in [4.78, 5) is 25.5. The van der Waals surface area contributed by atoms with Gasteiger partial charge in [-0.05, 0) is 74.2 Å². The number of rotatable bonds is 12. The second-order valence-electron chi connectivity index (χ2n) is 7.92. The second kappa shape index (κ2) is 13.6. The van der Waals surface area contributed by atoms with Crippen LogP contribution in [0.2, 0.25) is 5.02 Å². The molecule has 2 N–H and O–H groups in total. The molecule has 1 atom stereocenters. The summed E-state index contributed by atoms with van der Waals surface area (Å²) in [5.41, 5.74) is 2.13. The van der Waals surface area contributed by atoms with Crippen molar-refractivity contribution in [3.05, 3.63) is 64.4 Å². The number of aryl methyl sites for hydroxylation is 1. The number of halogens is 1. The Morgan fingerprint density at radius 1 is 1.17 bits per heavy atom. The minimum Gasteiger partial charge on any atom is -0.497 e. The van der Waals surface area contributed by atoms with Crippen molar-refractivity contribution in [3.8, 4) is 5.75 Å². The standard InChI is InChI=1S/C25H30ClN5O3S2/c1-5-31-23(21(12-13-35-4)28-24(33)17-7-10-19(34-3)11-8-17)29-30-25(31)36-15-22(32)27-18-9-6-16(2)20(26)14-18/h6-11,14,21H,5,12-13,15H2,1-4H3,(H,27,32)(H,28,33)/t21-/m1/s1. The highest BCUT2D eigenvalue weighted by molar-refractivity contribution is 7.99. The second-order valence-corrected chi connectivity index (χ2v) is 10.3. The van der Waals surface area contributed by atoms with Crippen molar-refractivity contribution >= 4 is 52.6 Å². The van der Waals surface area contributed by atoms with E-state index in [9.17, 15) is 9.59 Å². The zero-order valence-electron chi connectivity index (χ0n) is 20.7. The number of ether oxygens (including phenoxy) is 1. The molecule has 0 spiro atoms. The van der Waals surface area contributed by atoms with Gasteiger partial charge >= 0.3 is 0 Å². The number of methoxy groups -OCH3 is 1. The van der Waals surface area contributed by atoms with Gasteiger partial charge in [-0.1, -0.05) is 29.4 Å². The lowest BCUT2D eigenvalue weighted by Crippen LogP contribution is -2.31. The van der Waals surface area contributed by atoms with Gasteiger partial charge in [0.25, 0.3) is 5.91 Å². The number of nitrogens with zero attached hydrogens (tertiary/aromatic N) is 3. The molecule has 192 valence electrons. The molecule has 0 saturated heterocycles. The Balaban J connectivity index is 1.70. The number of hydrogen-bond donors (Lipinski definition) is 2. The molecule has 0 aliphatic carbocycles. The predicted molar refractivity (Wildman–Crippen MR) is 147 cm³/mol. The molecule has 2 amide bonds. The normalized spacial score (nSPS) is 11.7. The van der Waals surface area contributed by atoms with E-state index in [1.165, 1.54) is 11.8 Å². The molecular weight excluding hydrogens is 518 g/mol. The number of carbonyl (C=O) groups excluding carboxylic acids is 2. The van der Waals surface area contributed by atoms with Gasteiger partial charge in [0, 0.05) is 22.8 Å². The molecule has 0 bridgehead atoms. The number of anilines is 1. The van der Waals surface area contributed by atoms with Crippen LogP contribution in [0.15, 0.2) is 47.6 Å². The van der Waals surface area contributed by atoms with E-state index in [0.29, 0.717) is 46.0 Å². The van der Waals surface area contributed by atoms with Crippen LogP contribution in [0.25, 0.3) is 0 Å². The number of carbonyl (C=O) groups is 2. The SMILES string of the molecule is CCn1c(SCC(=O)Nc2ccc(C)c(Cl)c2)nnc1[C@@H](CCSC)NC(=O)c1ccc(OC)cc1. The summed E-state index contributed by atoms with van der Waals surface area (Å²) in [5.74, 6) is 2.00. The van der Waals surface area contributed by atoms with E-state index >= 15 is 0 Å². The van der Waals surface area contributed by atoms with Gasteiger partial charge in [-0.15, -0.1) is 10.2 Å². The molecule has 0 aliphatic heterocycles. The van der Waals surface area contributed by atoms with Gasteiger partial charge in [0.1, 0.15) is 5.75 Å². The highest BCUT2D eigenvalue weighted by Crippen LogP contribution is 2.25. The lowest BCUT2D eigenvalue weighted by molar-refractivity contribution is -0.113. The van der Waals surface area contributed by atoms with Crippen molar-refractivity contribution in [1.29, 1.82) is 0 Å². The van der Waals surface area contributed by atoms with Crippen molar-refractivity contribution in [2.45, 2.75) is 38.0 Å². The molecule has 0 radical (unpaired) electrons. The van der Waals surface area contributed by atoms with E-state index in [2.05, 4.69) is 20.8 Å². The number of amides is 2. The molecule has 11 heteroatoms. The average molecular weight is 548 g/mol. The van der Waals surface area contributed by atoms with Crippen LogP contribution >= 0.6 is 35.1 Å². The third-order valence-electron chi connectivity index (χ3n) is 5.43. The average Bonchev–Trinajstić information content (AvgIpc) is 3.30. The third-order valence-corrected chi connectivity index (χ3v) is 7.45. The minimum absolute atomic E-state index is 0.164. The molecule has 3 aromatic rings. The number of aromatic nitrogens is 3. The maximum absolute atomic E-state index is 12.9. The number of thioether (sulfide) groups is 2. The van der Waals surface area contributed by atoms with Gasteiger partial charge in [0.05, 0.1) is 18.9 Å². The first-order chi connectivity index (χ1) is 17.4. The first-order valence-corrected chi connectivity index (χ1v) is 14.2. The summed E-state index contributed by atoms with van der Waals surface area (Å²) >= 11 is 9.15. The molecule has 1 heterocycles. The molecule has 8 nitrogen and oxygen atoms in total. The van der Waals surface area contributed by atoms with Crippen LogP contribution < -0.4 is 15.4 Å². The van der Waals surface area contributed by atoms with Crippen LogP contribution in [-0.4, -0.2) is 51.5 Å². The van der Waals surface area contributed by atoms with E-state index in [-0.39, 0.29) is 23.6 Å². The van der Waals surface area contributed by atoms with E-state index in [0.717, 1.165) is 11.3 Å². The maximum Gasteiger partial charge on any atom is 0.251 e. The summed E-state index contributed by atoms with van der Waals surface area (Å²) in [6.45, 7) is 4.50. The number of nitrogens with one attached hydrogen (secondary N) is 2. The summed E-state index contributed by atoms with van der Waals surface area (Å²) in [7, 11) is 1.59. The zero-order chi connectivity index (χ0) is 26.1. The highest BCUT2D eigenvalue weighted by atomic mass is 35.5. The van der Waals surface area contributed by atoms with E-state index in [1.54, 1.807) is 49.2 Å². The fourth-order valence-corrected chi connectivity index (χ4v) is 4.91. The topological polar surface area (TPSA) is 98.1 Å². The Hall–Kier alpha value is -2.69. The Morgan fingerprint density at radius 2 is 1.92 bits per heavy atom. The monoisotopic (exact) mass is 547 g/mol. The fourth-order valence-electron chi connectivity index (χ4n) is 3.45. The summed E-state index contributed by atoms with van der Waals surface area (Å²) in [6.07, 6.45) is 2.72. The molecular formula is C25H30ClN5O3S2.